The Kier molecular flexibility index (Phi) is 12.3. The van der Waals surface area contributed by atoms with Gasteiger partial charge in [-0.15, -0.1) is 0 Å². The van der Waals surface area contributed by atoms with Crippen LogP contribution in [0.5, 0.6) is 0 Å². The summed E-state index contributed by atoms with van der Waals surface area (Å²) in [4.78, 5) is 0. The second kappa shape index (κ2) is 12.4. The zero-order valence-corrected chi connectivity index (χ0v) is 12.5. The molecule has 0 saturated carbocycles. The van der Waals surface area contributed by atoms with Crippen molar-refractivity contribution in [1.82, 2.24) is 10.6 Å². The summed E-state index contributed by atoms with van der Waals surface area (Å²) >= 11 is 0. The highest BCUT2D eigenvalue weighted by atomic mass is 15.0. The number of nitrogens with one attached hydrogen (secondary N) is 2. The molecule has 0 aromatic rings. The van der Waals surface area contributed by atoms with Gasteiger partial charge < -0.3 is 10.6 Å². The Labute approximate surface area is 109 Å². The molecule has 0 aromatic heterocycles. The van der Waals surface area contributed by atoms with Crippen LogP contribution in [-0.2, 0) is 0 Å². The van der Waals surface area contributed by atoms with Gasteiger partial charge in [0, 0.05) is 18.6 Å². The van der Waals surface area contributed by atoms with Crippen LogP contribution in [0, 0.1) is 0 Å². The van der Waals surface area contributed by atoms with E-state index in [-0.39, 0.29) is 0 Å². The monoisotopic (exact) mass is 242 g/mol. The van der Waals surface area contributed by atoms with E-state index in [0.717, 1.165) is 6.54 Å². The van der Waals surface area contributed by atoms with E-state index in [2.05, 4.69) is 38.3 Å². The molecule has 2 N–H and O–H groups in total. The predicted octanol–water partition coefficient (Wildman–Crippen LogP) is 3.71. The Balaban J connectivity index is 3.11. The van der Waals surface area contributed by atoms with Crippen LogP contribution in [0.4, 0.5) is 0 Å². The molecular weight excluding hydrogens is 208 g/mol. The fourth-order valence-corrected chi connectivity index (χ4v) is 1.92. The molecule has 1 atom stereocenters. The molecular formula is C15H34N2. The van der Waals surface area contributed by atoms with Crippen LogP contribution in [-0.4, -0.2) is 25.2 Å². The molecule has 0 rings (SSSR count). The minimum atomic E-state index is 0.595. The zero-order chi connectivity index (χ0) is 12.9. The van der Waals surface area contributed by atoms with Crippen LogP contribution in [0.2, 0.25) is 0 Å². The van der Waals surface area contributed by atoms with Crippen molar-refractivity contribution < 1.29 is 0 Å². The molecule has 1 unspecified atom stereocenters. The highest BCUT2D eigenvalue weighted by Gasteiger charge is 2.01. The third-order valence-electron chi connectivity index (χ3n) is 3.11. The number of unbranched alkanes of at least 4 members (excludes halogenated alkanes) is 6. The molecule has 0 aliphatic carbocycles. The Hall–Kier alpha value is -0.0800. The second-order valence-electron chi connectivity index (χ2n) is 5.54. The van der Waals surface area contributed by atoms with Crippen LogP contribution in [0.15, 0.2) is 0 Å². The molecule has 0 aliphatic rings. The van der Waals surface area contributed by atoms with Crippen LogP contribution in [0.3, 0.4) is 0 Å². The first-order valence-corrected chi connectivity index (χ1v) is 7.63. The quantitative estimate of drug-likeness (QED) is 0.510. The van der Waals surface area contributed by atoms with Gasteiger partial charge in [0.2, 0.25) is 0 Å². The lowest BCUT2D eigenvalue weighted by atomic mass is 10.1. The van der Waals surface area contributed by atoms with Crippen molar-refractivity contribution in [1.29, 1.82) is 0 Å². The van der Waals surface area contributed by atoms with E-state index in [1.807, 2.05) is 0 Å². The van der Waals surface area contributed by atoms with E-state index in [0.29, 0.717) is 12.1 Å². The maximum absolute atomic E-state index is 3.58. The summed E-state index contributed by atoms with van der Waals surface area (Å²) in [7, 11) is 0. The number of hydrogen-bond acceptors (Lipinski definition) is 2. The van der Waals surface area contributed by atoms with Gasteiger partial charge in [0.15, 0.2) is 0 Å². The summed E-state index contributed by atoms with van der Waals surface area (Å²) in [5.74, 6) is 0. The average molecular weight is 242 g/mol. The van der Waals surface area contributed by atoms with Crippen molar-refractivity contribution in [3.63, 3.8) is 0 Å². The van der Waals surface area contributed by atoms with E-state index in [9.17, 15) is 0 Å². The van der Waals surface area contributed by atoms with Gasteiger partial charge >= 0.3 is 0 Å². The second-order valence-corrected chi connectivity index (χ2v) is 5.54. The van der Waals surface area contributed by atoms with Gasteiger partial charge in [-0.3, -0.25) is 0 Å². The van der Waals surface area contributed by atoms with Crippen molar-refractivity contribution in [2.24, 2.45) is 0 Å². The molecule has 0 amide bonds. The fourth-order valence-electron chi connectivity index (χ4n) is 1.92. The van der Waals surface area contributed by atoms with Crippen LogP contribution in [0.1, 0.15) is 72.6 Å². The van der Waals surface area contributed by atoms with Crippen LogP contribution >= 0.6 is 0 Å². The van der Waals surface area contributed by atoms with Crippen molar-refractivity contribution in [3.05, 3.63) is 0 Å². The zero-order valence-electron chi connectivity index (χ0n) is 12.5. The van der Waals surface area contributed by atoms with Gasteiger partial charge in [0.1, 0.15) is 0 Å². The van der Waals surface area contributed by atoms with Gasteiger partial charge in [0.25, 0.3) is 0 Å². The molecule has 0 bridgehead atoms. The molecule has 0 heterocycles. The maximum Gasteiger partial charge on any atom is 0.0164 e. The maximum atomic E-state index is 3.58. The average Bonchev–Trinajstić information content (AvgIpc) is 2.30. The molecule has 0 saturated heterocycles. The lowest BCUT2D eigenvalue weighted by Gasteiger charge is -2.16. The molecule has 2 heteroatoms. The molecule has 0 radical (unpaired) electrons. The fraction of sp³-hybridized carbons (Fsp3) is 1.00. The summed E-state index contributed by atoms with van der Waals surface area (Å²) in [6, 6.07) is 1.19. The Bertz CT molecular complexity index is 146. The van der Waals surface area contributed by atoms with Gasteiger partial charge in [0.05, 0.1) is 0 Å². The van der Waals surface area contributed by atoms with Gasteiger partial charge in [-0.25, -0.2) is 0 Å². The smallest absolute Gasteiger partial charge is 0.0164 e. The SMILES string of the molecule is CCCCCCCCCNC(C)CNC(C)C. The summed E-state index contributed by atoms with van der Waals surface area (Å²) in [6.45, 7) is 11.2. The minimum Gasteiger partial charge on any atom is -0.313 e. The Morgan fingerprint density at radius 1 is 0.765 bits per heavy atom. The molecule has 104 valence electrons. The third kappa shape index (κ3) is 13.9. The molecule has 0 aliphatic heterocycles. The minimum absolute atomic E-state index is 0.595. The number of hydrogen-bond donors (Lipinski definition) is 2. The molecule has 0 fully saturated rings. The highest BCUT2D eigenvalue weighted by molar-refractivity contribution is 4.65. The van der Waals surface area contributed by atoms with E-state index in [4.69, 9.17) is 0 Å². The van der Waals surface area contributed by atoms with Crippen molar-refractivity contribution in [3.8, 4) is 0 Å². The largest absolute Gasteiger partial charge is 0.313 e. The topological polar surface area (TPSA) is 24.1 Å². The van der Waals surface area contributed by atoms with E-state index >= 15 is 0 Å². The molecule has 17 heavy (non-hydrogen) atoms. The lowest BCUT2D eigenvalue weighted by Crippen LogP contribution is -2.39. The van der Waals surface area contributed by atoms with Gasteiger partial charge in [-0.2, -0.15) is 0 Å². The Morgan fingerprint density at radius 3 is 1.94 bits per heavy atom. The first kappa shape index (κ1) is 16.9. The van der Waals surface area contributed by atoms with E-state index in [1.54, 1.807) is 0 Å². The van der Waals surface area contributed by atoms with Crippen molar-refractivity contribution in [2.45, 2.75) is 84.7 Å². The van der Waals surface area contributed by atoms with Crippen molar-refractivity contribution >= 4 is 0 Å². The molecule has 0 spiro atoms. The molecule has 0 aromatic carbocycles. The first-order chi connectivity index (χ1) is 8.16. The third-order valence-corrected chi connectivity index (χ3v) is 3.11. The van der Waals surface area contributed by atoms with Crippen molar-refractivity contribution in [2.75, 3.05) is 13.1 Å². The lowest BCUT2D eigenvalue weighted by molar-refractivity contribution is 0.462. The highest BCUT2D eigenvalue weighted by Crippen LogP contribution is 2.06. The summed E-state index contributed by atoms with van der Waals surface area (Å²) in [5.41, 5.74) is 0. The summed E-state index contributed by atoms with van der Waals surface area (Å²) in [5, 5.41) is 7.04. The molecule has 2 nitrogen and oxygen atoms in total. The van der Waals surface area contributed by atoms with E-state index < -0.39 is 0 Å². The summed E-state index contributed by atoms with van der Waals surface area (Å²) < 4.78 is 0. The number of rotatable bonds is 12. The Morgan fingerprint density at radius 2 is 1.35 bits per heavy atom. The van der Waals surface area contributed by atoms with Crippen LogP contribution < -0.4 is 10.6 Å². The predicted molar refractivity (Wildman–Crippen MR) is 78.6 cm³/mol. The normalized spacial score (nSPS) is 13.2. The van der Waals surface area contributed by atoms with Crippen LogP contribution in [0.25, 0.3) is 0 Å². The van der Waals surface area contributed by atoms with E-state index in [1.165, 1.54) is 51.5 Å². The first-order valence-electron chi connectivity index (χ1n) is 7.63. The van der Waals surface area contributed by atoms with Gasteiger partial charge in [-0.1, -0.05) is 59.3 Å². The van der Waals surface area contributed by atoms with Gasteiger partial charge in [-0.05, 0) is 19.9 Å². The standard InChI is InChI=1S/C15H34N2/c1-5-6-7-8-9-10-11-12-16-15(4)13-17-14(2)3/h14-17H,5-13H2,1-4H3. The summed E-state index contributed by atoms with van der Waals surface area (Å²) in [6.07, 6.45) is 9.76.